The van der Waals surface area contributed by atoms with Crippen LogP contribution in [0, 0.1) is 5.82 Å². The SMILES string of the molecule is CC1Oc2c(Cl)cc(Br)c(F)c2C1N. The quantitative estimate of drug-likeness (QED) is 0.742. The van der Waals surface area contributed by atoms with Crippen molar-refractivity contribution in [2.24, 2.45) is 5.73 Å². The molecular weight excluding hydrogens is 272 g/mol. The highest BCUT2D eigenvalue weighted by Gasteiger charge is 2.34. The Labute approximate surface area is 94.3 Å². The fourth-order valence-electron chi connectivity index (χ4n) is 1.51. The first-order valence-corrected chi connectivity index (χ1v) is 5.29. The van der Waals surface area contributed by atoms with Crippen LogP contribution in [0.4, 0.5) is 4.39 Å². The molecule has 2 atom stereocenters. The number of fused-ring (bicyclic) bond motifs is 1. The smallest absolute Gasteiger partial charge is 0.146 e. The third-order valence-corrected chi connectivity index (χ3v) is 3.16. The van der Waals surface area contributed by atoms with Crippen LogP contribution < -0.4 is 10.5 Å². The lowest BCUT2D eigenvalue weighted by Crippen LogP contribution is -2.22. The maximum absolute atomic E-state index is 13.6. The van der Waals surface area contributed by atoms with E-state index in [9.17, 15) is 4.39 Å². The van der Waals surface area contributed by atoms with Gasteiger partial charge in [0, 0.05) is 0 Å². The van der Waals surface area contributed by atoms with Crippen molar-refractivity contribution in [3.8, 4) is 5.75 Å². The predicted octanol–water partition coefficient (Wildman–Crippen LogP) is 3.02. The van der Waals surface area contributed by atoms with Crippen LogP contribution in [0.2, 0.25) is 5.02 Å². The number of nitrogens with two attached hydrogens (primary N) is 1. The normalized spacial score (nSPS) is 24.6. The third kappa shape index (κ3) is 1.33. The fraction of sp³-hybridized carbons (Fsp3) is 0.333. The number of hydrogen-bond acceptors (Lipinski definition) is 2. The molecule has 2 N–H and O–H groups in total. The average molecular weight is 281 g/mol. The van der Waals surface area contributed by atoms with Crippen LogP contribution in [0.1, 0.15) is 18.5 Å². The van der Waals surface area contributed by atoms with Gasteiger partial charge in [0.1, 0.15) is 17.7 Å². The van der Waals surface area contributed by atoms with E-state index in [0.29, 0.717) is 20.8 Å². The van der Waals surface area contributed by atoms with Crippen LogP contribution in [-0.4, -0.2) is 6.10 Å². The van der Waals surface area contributed by atoms with Crippen LogP contribution in [0.5, 0.6) is 5.75 Å². The Balaban J connectivity index is 2.67. The lowest BCUT2D eigenvalue weighted by molar-refractivity contribution is 0.228. The van der Waals surface area contributed by atoms with Gasteiger partial charge in [-0.1, -0.05) is 11.6 Å². The van der Waals surface area contributed by atoms with E-state index < -0.39 is 6.04 Å². The molecule has 0 radical (unpaired) electrons. The molecule has 0 bridgehead atoms. The number of rotatable bonds is 0. The Morgan fingerprint density at radius 1 is 1.64 bits per heavy atom. The molecule has 5 heteroatoms. The van der Waals surface area contributed by atoms with Gasteiger partial charge in [0.15, 0.2) is 0 Å². The minimum atomic E-state index is -0.458. The first-order chi connectivity index (χ1) is 6.52. The topological polar surface area (TPSA) is 35.2 Å². The Kier molecular flexibility index (Phi) is 2.45. The summed E-state index contributed by atoms with van der Waals surface area (Å²) >= 11 is 8.98. The minimum absolute atomic E-state index is 0.244. The second-order valence-corrected chi connectivity index (χ2v) is 4.51. The summed E-state index contributed by atoms with van der Waals surface area (Å²) in [4.78, 5) is 0. The summed E-state index contributed by atoms with van der Waals surface area (Å²) in [7, 11) is 0. The summed E-state index contributed by atoms with van der Waals surface area (Å²) in [5.74, 6) is -0.0198. The molecule has 1 heterocycles. The second kappa shape index (κ2) is 3.36. The molecule has 1 aromatic rings. The lowest BCUT2D eigenvalue weighted by Gasteiger charge is -2.07. The summed E-state index contributed by atoms with van der Waals surface area (Å²) in [6.07, 6.45) is -0.244. The van der Waals surface area contributed by atoms with Crippen molar-refractivity contribution >= 4 is 27.5 Å². The summed E-state index contributed by atoms with van der Waals surface area (Å²) in [5.41, 5.74) is 6.14. The van der Waals surface area contributed by atoms with Gasteiger partial charge in [0.05, 0.1) is 21.1 Å². The third-order valence-electron chi connectivity index (χ3n) is 2.30. The zero-order valence-corrected chi connectivity index (χ0v) is 9.69. The summed E-state index contributed by atoms with van der Waals surface area (Å²) < 4.78 is 19.3. The van der Waals surface area contributed by atoms with Gasteiger partial charge in [0.2, 0.25) is 0 Å². The van der Waals surface area contributed by atoms with E-state index in [1.807, 2.05) is 0 Å². The molecule has 2 unspecified atom stereocenters. The number of ether oxygens (including phenoxy) is 1. The van der Waals surface area contributed by atoms with Crippen LogP contribution >= 0.6 is 27.5 Å². The van der Waals surface area contributed by atoms with Crippen LogP contribution in [0.15, 0.2) is 10.5 Å². The van der Waals surface area contributed by atoms with Gasteiger partial charge in [-0.05, 0) is 28.9 Å². The summed E-state index contributed by atoms with van der Waals surface area (Å²) in [6.45, 7) is 1.79. The van der Waals surface area contributed by atoms with Crippen molar-refractivity contribution in [3.63, 3.8) is 0 Å². The van der Waals surface area contributed by atoms with E-state index in [0.717, 1.165) is 0 Å². The molecule has 2 nitrogen and oxygen atoms in total. The molecule has 76 valence electrons. The van der Waals surface area contributed by atoms with Crippen molar-refractivity contribution in [3.05, 3.63) is 26.9 Å². The summed E-state index contributed by atoms with van der Waals surface area (Å²) in [5, 5.41) is 0.382. The van der Waals surface area contributed by atoms with Gasteiger partial charge in [0.25, 0.3) is 0 Å². The standard InChI is InChI=1S/C9H8BrClFNO/c1-3-8(13)6-7(12)4(10)2-5(11)9(6)14-3/h2-3,8H,13H2,1H3. The van der Waals surface area contributed by atoms with Crippen LogP contribution in [0.25, 0.3) is 0 Å². The Hall–Kier alpha value is -0.320. The van der Waals surface area contributed by atoms with Crippen molar-refractivity contribution < 1.29 is 9.13 Å². The second-order valence-electron chi connectivity index (χ2n) is 3.25. The Bertz CT molecular complexity index is 399. The molecule has 0 spiro atoms. The molecule has 0 aliphatic carbocycles. The van der Waals surface area contributed by atoms with Gasteiger partial charge >= 0.3 is 0 Å². The number of hydrogen-bond donors (Lipinski definition) is 1. The molecular formula is C9H8BrClFNO. The molecule has 0 amide bonds. The molecule has 14 heavy (non-hydrogen) atoms. The molecule has 0 fully saturated rings. The van der Waals surface area contributed by atoms with E-state index >= 15 is 0 Å². The fourth-order valence-corrected chi connectivity index (χ4v) is 2.34. The largest absolute Gasteiger partial charge is 0.487 e. The molecule has 0 aromatic heterocycles. The van der Waals surface area contributed by atoms with Crippen molar-refractivity contribution in [1.29, 1.82) is 0 Å². The van der Waals surface area contributed by atoms with Gasteiger partial charge in [-0.25, -0.2) is 4.39 Å². The van der Waals surface area contributed by atoms with Crippen LogP contribution in [-0.2, 0) is 0 Å². The molecule has 0 saturated heterocycles. The molecule has 0 saturated carbocycles. The first-order valence-electron chi connectivity index (χ1n) is 4.12. The highest BCUT2D eigenvalue weighted by Crippen LogP contribution is 2.44. The zero-order chi connectivity index (χ0) is 10.5. The molecule has 1 aliphatic rings. The van der Waals surface area contributed by atoms with Crippen molar-refractivity contribution in [1.82, 2.24) is 0 Å². The van der Waals surface area contributed by atoms with E-state index in [2.05, 4.69) is 15.9 Å². The highest BCUT2D eigenvalue weighted by atomic mass is 79.9. The van der Waals surface area contributed by atoms with Gasteiger partial charge in [-0.2, -0.15) is 0 Å². The molecule has 2 rings (SSSR count). The lowest BCUT2D eigenvalue weighted by atomic mass is 10.1. The van der Waals surface area contributed by atoms with Gasteiger partial charge in [-0.3, -0.25) is 0 Å². The zero-order valence-electron chi connectivity index (χ0n) is 7.35. The summed E-state index contributed by atoms with van der Waals surface area (Å²) in [6, 6.07) is 1.01. The highest BCUT2D eigenvalue weighted by molar-refractivity contribution is 9.10. The average Bonchev–Trinajstić information content (AvgIpc) is 2.41. The van der Waals surface area contributed by atoms with Gasteiger partial charge < -0.3 is 10.5 Å². The monoisotopic (exact) mass is 279 g/mol. The number of halogens is 3. The van der Waals surface area contributed by atoms with E-state index in [-0.39, 0.29) is 11.9 Å². The minimum Gasteiger partial charge on any atom is -0.487 e. The molecule has 1 aromatic carbocycles. The van der Waals surface area contributed by atoms with Crippen LogP contribution in [0.3, 0.4) is 0 Å². The van der Waals surface area contributed by atoms with Crippen molar-refractivity contribution in [2.45, 2.75) is 19.1 Å². The predicted molar refractivity (Wildman–Crippen MR) is 56.1 cm³/mol. The maximum atomic E-state index is 13.6. The molecule has 1 aliphatic heterocycles. The van der Waals surface area contributed by atoms with E-state index in [1.54, 1.807) is 6.92 Å². The Morgan fingerprint density at radius 3 is 2.93 bits per heavy atom. The van der Waals surface area contributed by atoms with Crippen molar-refractivity contribution in [2.75, 3.05) is 0 Å². The maximum Gasteiger partial charge on any atom is 0.146 e. The number of benzene rings is 1. The van der Waals surface area contributed by atoms with E-state index in [1.165, 1.54) is 6.07 Å². The first kappa shape index (κ1) is 10.2. The van der Waals surface area contributed by atoms with E-state index in [4.69, 9.17) is 22.1 Å². The Morgan fingerprint density at radius 2 is 2.29 bits per heavy atom. The van der Waals surface area contributed by atoms with Gasteiger partial charge in [-0.15, -0.1) is 0 Å².